The van der Waals surface area contributed by atoms with Gasteiger partial charge in [0.05, 0.1) is 6.54 Å². The zero-order valence-corrected chi connectivity index (χ0v) is 13.1. The number of hydrogen-bond acceptors (Lipinski definition) is 3. The summed E-state index contributed by atoms with van der Waals surface area (Å²) in [4.78, 5) is 23.7. The minimum absolute atomic E-state index is 0.0504. The van der Waals surface area contributed by atoms with Gasteiger partial charge in [0.15, 0.2) is 0 Å². The van der Waals surface area contributed by atoms with Gasteiger partial charge >= 0.3 is 0 Å². The van der Waals surface area contributed by atoms with E-state index in [9.17, 15) is 9.59 Å². The highest BCUT2D eigenvalue weighted by molar-refractivity contribution is 6.04. The van der Waals surface area contributed by atoms with Gasteiger partial charge in [-0.3, -0.25) is 9.59 Å². The molecule has 0 heterocycles. The smallest absolute Gasteiger partial charge is 0.255 e. The topological polar surface area (TPSA) is 70.2 Å². The van der Waals surface area contributed by atoms with Crippen LogP contribution in [0.4, 0.5) is 11.4 Å². The fourth-order valence-corrected chi connectivity index (χ4v) is 2.01. The highest BCUT2D eigenvalue weighted by Gasteiger charge is 2.06. The summed E-state index contributed by atoms with van der Waals surface area (Å²) in [6.45, 7) is 2.89. The normalized spacial score (nSPS) is 9.96. The van der Waals surface area contributed by atoms with Gasteiger partial charge in [0, 0.05) is 23.5 Å². The van der Waals surface area contributed by atoms with Crippen LogP contribution in [0, 0.1) is 0 Å². The van der Waals surface area contributed by atoms with Gasteiger partial charge in [-0.25, -0.2) is 0 Å². The molecule has 0 spiro atoms. The first-order valence-corrected chi connectivity index (χ1v) is 7.66. The molecule has 2 aromatic rings. The molecule has 0 aliphatic heterocycles. The molecule has 0 saturated heterocycles. The van der Waals surface area contributed by atoms with E-state index in [1.54, 1.807) is 18.2 Å². The number of benzene rings is 2. The minimum Gasteiger partial charge on any atom is -0.376 e. The Balaban J connectivity index is 1.92. The molecule has 0 aliphatic rings. The van der Waals surface area contributed by atoms with E-state index in [0.29, 0.717) is 17.8 Å². The number of carbonyl (C=O) groups is 2. The molecule has 23 heavy (non-hydrogen) atoms. The molecule has 0 bridgehead atoms. The Hall–Kier alpha value is -2.82. The maximum atomic E-state index is 12.1. The maximum absolute atomic E-state index is 12.1. The first-order valence-electron chi connectivity index (χ1n) is 7.66. The summed E-state index contributed by atoms with van der Waals surface area (Å²) >= 11 is 0. The third-order valence-corrected chi connectivity index (χ3v) is 3.18. The van der Waals surface area contributed by atoms with Crippen molar-refractivity contribution < 1.29 is 9.59 Å². The predicted octanol–water partition coefficient (Wildman–Crippen LogP) is 2.88. The van der Waals surface area contributed by atoms with E-state index in [-0.39, 0.29) is 18.4 Å². The van der Waals surface area contributed by atoms with Crippen LogP contribution < -0.4 is 16.0 Å². The molecule has 0 saturated carbocycles. The molecule has 2 rings (SSSR count). The average Bonchev–Trinajstić information content (AvgIpc) is 2.59. The minimum atomic E-state index is -0.163. The Kier molecular flexibility index (Phi) is 6.17. The van der Waals surface area contributed by atoms with E-state index in [1.807, 2.05) is 43.3 Å². The summed E-state index contributed by atoms with van der Waals surface area (Å²) in [5.41, 5.74) is 2.06. The van der Waals surface area contributed by atoms with Gasteiger partial charge in [-0.2, -0.15) is 0 Å². The van der Waals surface area contributed by atoms with Gasteiger partial charge in [0.2, 0.25) is 5.91 Å². The highest BCUT2D eigenvalue weighted by Crippen LogP contribution is 2.15. The third kappa shape index (κ3) is 5.47. The molecular formula is C18H21N3O2. The lowest BCUT2D eigenvalue weighted by Crippen LogP contribution is -2.30. The van der Waals surface area contributed by atoms with Gasteiger partial charge in [-0.1, -0.05) is 31.2 Å². The van der Waals surface area contributed by atoms with Crippen molar-refractivity contribution in [3.05, 3.63) is 60.2 Å². The summed E-state index contributed by atoms with van der Waals surface area (Å²) in [5.74, 6) is -0.214. The first kappa shape index (κ1) is 16.5. The van der Waals surface area contributed by atoms with E-state index in [1.165, 1.54) is 0 Å². The molecule has 0 radical (unpaired) electrons. The lowest BCUT2D eigenvalue weighted by Gasteiger charge is -2.10. The summed E-state index contributed by atoms with van der Waals surface area (Å²) in [6.07, 6.45) is 0.909. The van der Waals surface area contributed by atoms with Crippen LogP contribution in [0.15, 0.2) is 54.6 Å². The zero-order chi connectivity index (χ0) is 16.5. The van der Waals surface area contributed by atoms with E-state index in [0.717, 1.165) is 12.1 Å². The molecule has 0 unspecified atom stereocenters. The zero-order valence-electron chi connectivity index (χ0n) is 13.1. The average molecular weight is 311 g/mol. The molecule has 5 nitrogen and oxygen atoms in total. The van der Waals surface area contributed by atoms with E-state index in [2.05, 4.69) is 16.0 Å². The van der Waals surface area contributed by atoms with Crippen molar-refractivity contribution >= 4 is 23.2 Å². The standard InChI is InChI=1S/C18H21N3O2/c1-2-11-19-17(22)13-20-15-9-6-10-16(12-15)21-18(23)14-7-4-3-5-8-14/h3-10,12,20H,2,11,13H2,1H3,(H,19,22)(H,21,23). The Morgan fingerprint density at radius 2 is 1.70 bits per heavy atom. The van der Waals surface area contributed by atoms with Crippen molar-refractivity contribution in [3.8, 4) is 0 Å². The number of anilines is 2. The fourth-order valence-electron chi connectivity index (χ4n) is 2.01. The first-order chi connectivity index (χ1) is 11.2. The molecule has 3 N–H and O–H groups in total. The summed E-state index contributed by atoms with van der Waals surface area (Å²) in [5, 5.41) is 8.68. The number of nitrogens with one attached hydrogen (secondary N) is 3. The van der Waals surface area contributed by atoms with Crippen LogP contribution in [0.3, 0.4) is 0 Å². The number of amides is 2. The molecule has 5 heteroatoms. The number of carbonyl (C=O) groups excluding carboxylic acids is 2. The molecule has 2 amide bonds. The summed E-state index contributed by atoms with van der Waals surface area (Å²) < 4.78 is 0. The Morgan fingerprint density at radius 1 is 0.957 bits per heavy atom. The van der Waals surface area contributed by atoms with Crippen molar-refractivity contribution in [2.24, 2.45) is 0 Å². The second-order valence-corrected chi connectivity index (χ2v) is 5.10. The SMILES string of the molecule is CCCNC(=O)CNc1cccc(NC(=O)c2ccccc2)c1. The van der Waals surface area contributed by atoms with Crippen molar-refractivity contribution in [1.29, 1.82) is 0 Å². The van der Waals surface area contributed by atoms with Gasteiger partial charge in [0.25, 0.3) is 5.91 Å². The molecule has 0 aromatic heterocycles. The largest absolute Gasteiger partial charge is 0.376 e. The molecule has 2 aromatic carbocycles. The van der Waals surface area contributed by atoms with E-state index < -0.39 is 0 Å². The third-order valence-electron chi connectivity index (χ3n) is 3.18. The molecule has 120 valence electrons. The predicted molar refractivity (Wildman–Crippen MR) is 92.6 cm³/mol. The number of hydrogen-bond donors (Lipinski definition) is 3. The molecule has 0 aliphatic carbocycles. The van der Waals surface area contributed by atoms with E-state index >= 15 is 0 Å². The van der Waals surface area contributed by atoms with Crippen LogP contribution in [0.2, 0.25) is 0 Å². The van der Waals surface area contributed by atoms with Crippen molar-refractivity contribution in [1.82, 2.24) is 5.32 Å². The lowest BCUT2D eigenvalue weighted by atomic mass is 10.2. The van der Waals surface area contributed by atoms with Crippen LogP contribution >= 0.6 is 0 Å². The summed E-state index contributed by atoms with van der Waals surface area (Å²) in [7, 11) is 0. The second kappa shape index (κ2) is 8.58. The second-order valence-electron chi connectivity index (χ2n) is 5.10. The fraction of sp³-hybridized carbons (Fsp3) is 0.222. The molecule has 0 atom stereocenters. The number of rotatable bonds is 7. The van der Waals surface area contributed by atoms with Crippen molar-refractivity contribution in [2.75, 3.05) is 23.7 Å². The van der Waals surface area contributed by atoms with Crippen LogP contribution in [-0.2, 0) is 4.79 Å². The van der Waals surface area contributed by atoms with Crippen LogP contribution in [0.5, 0.6) is 0 Å². The molecular weight excluding hydrogens is 290 g/mol. The van der Waals surface area contributed by atoms with E-state index in [4.69, 9.17) is 0 Å². The van der Waals surface area contributed by atoms with Crippen LogP contribution in [-0.4, -0.2) is 24.9 Å². The monoisotopic (exact) mass is 311 g/mol. The summed E-state index contributed by atoms with van der Waals surface area (Å²) in [6, 6.07) is 16.3. The quantitative estimate of drug-likeness (QED) is 0.736. The van der Waals surface area contributed by atoms with Crippen molar-refractivity contribution in [2.45, 2.75) is 13.3 Å². The van der Waals surface area contributed by atoms with Gasteiger partial charge in [-0.15, -0.1) is 0 Å². The highest BCUT2D eigenvalue weighted by atomic mass is 16.2. The lowest BCUT2D eigenvalue weighted by molar-refractivity contribution is -0.119. The maximum Gasteiger partial charge on any atom is 0.255 e. The van der Waals surface area contributed by atoms with Gasteiger partial charge < -0.3 is 16.0 Å². The molecule has 0 fully saturated rings. The van der Waals surface area contributed by atoms with Crippen LogP contribution in [0.1, 0.15) is 23.7 Å². The van der Waals surface area contributed by atoms with Gasteiger partial charge in [-0.05, 0) is 36.8 Å². The Morgan fingerprint density at radius 3 is 2.43 bits per heavy atom. The van der Waals surface area contributed by atoms with Crippen molar-refractivity contribution in [3.63, 3.8) is 0 Å². The van der Waals surface area contributed by atoms with Gasteiger partial charge in [0.1, 0.15) is 0 Å². The Labute approximate surface area is 136 Å². The van der Waals surface area contributed by atoms with Crippen LogP contribution in [0.25, 0.3) is 0 Å². The Bertz CT molecular complexity index is 656.